The molecule has 2 aromatic rings. The third-order valence-corrected chi connectivity index (χ3v) is 2.91. The van der Waals surface area contributed by atoms with Crippen LogP contribution in [0.4, 0.5) is 0 Å². The van der Waals surface area contributed by atoms with Crippen LogP contribution < -0.4 is 0 Å². The van der Waals surface area contributed by atoms with Crippen molar-refractivity contribution in [2.75, 3.05) is 0 Å². The van der Waals surface area contributed by atoms with Gasteiger partial charge in [0.05, 0.1) is 11.1 Å². The number of nitrogens with zero attached hydrogens (tertiary/aromatic N) is 1. The second-order valence-electron chi connectivity index (χ2n) is 4.41. The van der Waals surface area contributed by atoms with E-state index in [1.807, 2.05) is 13.0 Å². The molecule has 0 amide bonds. The lowest BCUT2D eigenvalue weighted by molar-refractivity contribution is -0.142. The molecular weight excluding hydrogens is 206 g/mol. The van der Waals surface area contributed by atoms with Crippen LogP contribution in [0.15, 0.2) is 22.7 Å². The first-order valence-corrected chi connectivity index (χ1v) is 5.03. The van der Waals surface area contributed by atoms with Gasteiger partial charge in [-0.15, -0.1) is 0 Å². The molecule has 0 fully saturated rings. The minimum atomic E-state index is -0.905. The molecule has 0 aliphatic rings. The monoisotopic (exact) mass is 219 g/mol. The summed E-state index contributed by atoms with van der Waals surface area (Å²) in [7, 11) is 0. The minimum Gasteiger partial charge on any atom is -0.481 e. The first-order chi connectivity index (χ1) is 7.43. The maximum atomic E-state index is 11.1. The molecule has 0 spiro atoms. The predicted molar refractivity (Wildman–Crippen MR) is 59.4 cm³/mol. The van der Waals surface area contributed by atoms with E-state index in [4.69, 9.17) is 9.63 Å². The summed E-state index contributed by atoms with van der Waals surface area (Å²) in [4.78, 5) is 11.1. The molecule has 16 heavy (non-hydrogen) atoms. The van der Waals surface area contributed by atoms with Crippen molar-refractivity contribution in [1.29, 1.82) is 0 Å². The Morgan fingerprint density at radius 3 is 2.75 bits per heavy atom. The second-order valence-corrected chi connectivity index (χ2v) is 4.41. The molecule has 0 bridgehead atoms. The van der Waals surface area contributed by atoms with Gasteiger partial charge in [0, 0.05) is 5.39 Å². The SMILES string of the molecule is Cc1noc2ccc(C(C)(C)C(=O)O)cc12. The number of carboxylic acids is 1. The number of aromatic nitrogens is 1. The zero-order valence-electron chi connectivity index (χ0n) is 9.44. The van der Waals surface area contributed by atoms with Crippen molar-refractivity contribution < 1.29 is 14.4 Å². The van der Waals surface area contributed by atoms with Gasteiger partial charge in [0.1, 0.15) is 0 Å². The topological polar surface area (TPSA) is 63.3 Å². The van der Waals surface area contributed by atoms with Gasteiger partial charge in [-0.25, -0.2) is 0 Å². The summed E-state index contributed by atoms with van der Waals surface area (Å²) in [6, 6.07) is 5.35. The molecule has 1 heterocycles. The molecule has 1 N–H and O–H groups in total. The van der Waals surface area contributed by atoms with Gasteiger partial charge in [-0.05, 0) is 38.5 Å². The lowest BCUT2D eigenvalue weighted by Crippen LogP contribution is -2.28. The van der Waals surface area contributed by atoms with Crippen LogP contribution in [0.3, 0.4) is 0 Å². The largest absolute Gasteiger partial charge is 0.481 e. The normalized spacial score (nSPS) is 11.9. The van der Waals surface area contributed by atoms with E-state index in [1.54, 1.807) is 26.0 Å². The van der Waals surface area contributed by atoms with Crippen molar-refractivity contribution in [2.45, 2.75) is 26.2 Å². The lowest BCUT2D eigenvalue weighted by Gasteiger charge is -2.19. The summed E-state index contributed by atoms with van der Waals surface area (Å²) in [6.07, 6.45) is 0. The zero-order chi connectivity index (χ0) is 11.9. The van der Waals surface area contributed by atoms with Crippen LogP contribution in [0.25, 0.3) is 11.0 Å². The molecule has 1 aromatic heterocycles. The average molecular weight is 219 g/mol. The fraction of sp³-hybridized carbons (Fsp3) is 0.333. The summed E-state index contributed by atoms with van der Waals surface area (Å²) in [5.41, 5.74) is 1.30. The van der Waals surface area contributed by atoms with Crippen molar-refractivity contribution in [3.05, 3.63) is 29.5 Å². The molecule has 4 heteroatoms. The third-order valence-electron chi connectivity index (χ3n) is 2.91. The van der Waals surface area contributed by atoms with Gasteiger partial charge in [0.2, 0.25) is 0 Å². The number of aliphatic carboxylic acids is 1. The Bertz CT molecular complexity index is 554. The molecule has 84 valence electrons. The van der Waals surface area contributed by atoms with Gasteiger partial charge in [-0.1, -0.05) is 11.2 Å². The number of benzene rings is 1. The van der Waals surface area contributed by atoms with Gasteiger partial charge in [0.25, 0.3) is 0 Å². The molecule has 0 atom stereocenters. The smallest absolute Gasteiger partial charge is 0.313 e. The maximum absolute atomic E-state index is 11.1. The fourth-order valence-corrected chi connectivity index (χ4v) is 1.57. The van der Waals surface area contributed by atoms with Crippen molar-refractivity contribution in [1.82, 2.24) is 5.16 Å². The highest BCUT2D eigenvalue weighted by Gasteiger charge is 2.29. The minimum absolute atomic E-state index is 0.683. The Kier molecular flexibility index (Phi) is 2.22. The molecule has 0 aliphatic heterocycles. The van der Waals surface area contributed by atoms with Crippen LogP contribution in [-0.4, -0.2) is 16.2 Å². The summed E-state index contributed by atoms with van der Waals surface area (Å²) in [5.74, 6) is -0.846. The number of rotatable bonds is 2. The molecular formula is C12H13NO3. The summed E-state index contributed by atoms with van der Waals surface area (Å²) >= 11 is 0. The molecule has 0 unspecified atom stereocenters. The molecule has 1 aromatic carbocycles. The Morgan fingerprint density at radius 1 is 1.44 bits per heavy atom. The van der Waals surface area contributed by atoms with Crippen molar-refractivity contribution in [3.63, 3.8) is 0 Å². The van der Waals surface area contributed by atoms with Crippen LogP contribution >= 0.6 is 0 Å². The number of hydrogen-bond donors (Lipinski definition) is 1. The van der Waals surface area contributed by atoms with Gasteiger partial charge in [0.15, 0.2) is 5.58 Å². The van der Waals surface area contributed by atoms with Crippen LogP contribution in [0.1, 0.15) is 25.1 Å². The van der Waals surface area contributed by atoms with Crippen LogP contribution in [0.5, 0.6) is 0 Å². The number of carboxylic acid groups (broad SMARTS) is 1. The molecule has 2 rings (SSSR count). The van der Waals surface area contributed by atoms with Crippen molar-refractivity contribution in [3.8, 4) is 0 Å². The van der Waals surface area contributed by atoms with E-state index in [0.717, 1.165) is 16.6 Å². The van der Waals surface area contributed by atoms with Crippen LogP contribution in [0.2, 0.25) is 0 Å². The molecule has 0 saturated carbocycles. The van der Waals surface area contributed by atoms with E-state index in [1.165, 1.54) is 0 Å². The van der Waals surface area contributed by atoms with E-state index in [2.05, 4.69) is 5.16 Å². The standard InChI is InChI=1S/C12H13NO3/c1-7-9-6-8(12(2,3)11(14)15)4-5-10(9)16-13-7/h4-6H,1-3H3,(H,14,15). The Balaban J connectivity index is 2.62. The fourth-order valence-electron chi connectivity index (χ4n) is 1.57. The lowest BCUT2D eigenvalue weighted by atomic mass is 9.84. The van der Waals surface area contributed by atoms with E-state index in [-0.39, 0.29) is 0 Å². The number of hydrogen-bond acceptors (Lipinski definition) is 3. The summed E-state index contributed by atoms with van der Waals surface area (Å²) < 4.78 is 5.08. The molecule has 0 saturated heterocycles. The first-order valence-electron chi connectivity index (χ1n) is 5.03. The van der Waals surface area contributed by atoms with E-state index >= 15 is 0 Å². The summed E-state index contributed by atoms with van der Waals surface area (Å²) in [5, 5.41) is 13.9. The van der Waals surface area contributed by atoms with Crippen LogP contribution in [0, 0.1) is 6.92 Å². The van der Waals surface area contributed by atoms with E-state index < -0.39 is 11.4 Å². The van der Waals surface area contributed by atoms with Gasteiger partial charge in [-0.3, -0.25) is 4.79 Å². The van der Waals surface area contributed by atoms with E-state index in [9.17, 15) is 4.79 Å². The first kappa shape index (κ1) is 10.7. The van der Waals surface area contributed by atoms with Gasteiger partial charge in [-0.2, -0.15) is 0 Å². The predicted octanol–water partition coefficient (Wildman–Crippen LogP) is 2.50. The molecule has 0 aliphatic carbocycles. The molecule has 0 radical (unpaired) electrons. The Morgan fingerprint density at radius 2 is 2.12 bits per heavy atom. The summed E-state index contributed by atoms with van der Waals surface area (Å²) in [6.45, 7) is 5.20. The number of aryl methyl sites for hydroxylation is 1. The maximum Gasteiger partial charge on any atom is 0.313 e. The van der Waals surface area contributed by atoms with Crippen LogP contribution in [-0.2, 0) is 10.2 Å². The zero-order valence-corrected chi connectivity index (χ0v) is 9.44. The Hall–Kier alpha value is -1.84. The number of carbonyl (C=O) groups is 1. The highest BCUT2D eigenvalue weighted by Crippen LogP contribution is 2.28. The van der Waals surface area contributed by atoms with Crippen molar-refractivity contribution >= 4 is 16.9 Å². The van der Waals surface area contributed by atoms with Crippen molar-refractivity contribution in [2.24, 2.45) is 0 Å². The second kappa shape index (κ2) is 3.33. The molecule has 4 nitrogen and oxygen atoms in total. The van der Waals surface area contributed by atoms with Gasteiger partial charge >= 0.3 is 5.97 Å². The highest BCUT2D eigenvalue weighted by molar-refractivity contribution is 5.85. The van der Waals surface area contributed by atoms with Gasteiger partial charge < -0.3 is 9.63 Å². The highest BCUT2D eigenvalue weighted by atomic mass is 16.5. The quantitative estimate of drug-likeness (QED) is 0.842. The van der Waals surface area contributed by atoms with E-state index in [0.29, 0.717) is 5.58 Å². The Labute approximate surface area is 92.9 Å². The average Bonchev–Trinajstić information content (AvgIpc) is 2.60. The number of fused-ring (bicyclic) bond motifs is 1. The third kappa shape index (κ3) is 1.46.